The Morgan fingerprint density at radius 2 is 1.07 bits per heavy atom. The first-order valence-electron chi connectivity index (χ1n) is 9.28. The van der Waals surface area contributed by atoms with Gasteiger partial charge in [-0.3, -0.25) is 0 Å². The topological polar surface area (TPSA) is 71.0 Å². The molecular formula is C20H32FN2O3P. The molecule has 0 aromatic carbocycles. The molecule has 0 fully saturated rings. The lowest BCUT2D eigenvalue weighted by Crippen LogP contribution is -2.32. The summed E-state index contributed by atoms with van der Waals surface area (Å²) in [6, 6.07) is 8.59. The lowest BCUT2D eigenvalue weighted by Gasteiger charge is -2.15. The smallest absolute Gasteiger partial charge is 0.169 e. The maximum Gasteiger partial charge on any atom is 0.169 e. The van der Waals surface area contributed by atoms with Gasteiger partial charge in [0.15, 0.2) is 24.8 Å². The highest BCUT2D eigenvalue weighted by molar-refractivity contribution is 7.42. The Labute approximate surface area is 162 Å². The normalized spacial score (nSPS) is 10.3. The molecule has 0 aliphatic carbocycles. The van der Waals surface area contributed by atoms with Crippen LogP contribution in [0.3, 0.4) is 0 Å². The number of halogens is 1. The standard InChI is InChI=1S/2C10H16N.FH2O3P/c2*1-3-4-7-11-8-5-10(2)6-9-11;1-5(2,3)4/h2*5-6,8-9H,3-4,7H2,1-2H3;(H2,2,3,4)/q2*+1;/p-2. The van der Waals surface area contributed by atoms with E-state index in [9.17, 15) is 4.20 Å². The highest BCUT2D eigenvalue weighted by atomic mass is 31.2. The van der Waals surface area contributed by atoms with Crippen LogP contribution in [0.1, 0.15) is 50.7 Å². The molecule has 0 aliphatic heterocycles. The summed E-state index contributed by atoms with van der Waals surface area (Å²) in [5.74, 6) is 0. The fraction of sp³-hybridized carbons (Fsp3) is 0.500. The van der Waals surface area contributed by atoms with E-state index in [2.05, 4.69) is 85.9 Å². The van der Waals surface area contributed by atoms with Gasteiger partial charge in [-0.1, -0.05) is 26.7 Å². The van der Waals surface area contributed by atoms with Crippen molar-refractivity contribution in [1.29, 1.82) is 0 Å². The molecule has 2 aromatic rings. The average Bonchev–Trinajstić information content (AvgIpc) is 2.60. The van der Waals surface area contributed by atoms with Gasteiger partial charge in [-0.05, 0) is 25.0 Å². The lowest BCUT2D eigenvalue weighted by atomic mass is 10.3. The molecule has 0 aliphatic rings. The molecule has 7 heteroatoms. The number of pyridine rings is 2. The molecule has 27 heavy (non-hydrogen) atoms. The SMILES string of the molecule is CCCC[n+]1ccc(C)cc1.CCCC[n+]1ccc(C)cc1.O=P([O-])([O-])F. The van der Waals surface area contributed by atoms with E-state index in [1.54, 1.807) is 0 Å². The van der Waals surface area contributed by atoms with Crippen molar-refractivity contribution >= 4 is 7.91 Å². The third kappa shape index (κ3) is 17.5. The number of aromatic nitrogens is 2. The van der Waals surface area contributed by atoms with Crippen LogP contribution in [0.2, 0.25) is 0 Å². The van der Waals surface area contributed by atoms with E-state index in [1.165, 1.54) is 36.8 Å². The third-order valence-corrected chi connectivity index (χ3v) is 3.66. The second kappa shape index (κ2) is 14.4. The minimum Gasteiger partial charge on any atom is -0.786 e. The van der Waals surface area contributed by atoms with Crippen molar-refractivity contribution in [2.45, 2.75) is 66.5 Å². The zero-order chi connectivity index (χ0) is 20.7. The molecule has 152 valence electrons. The minimum absolute atomic E-state index is 1.15. The number of rotatable bonds is 6. The fourth-order valence-electron chi connectivity index (χ4n) is 2.04. The van der Waals surface area contributed by atoms with Gasteiger partial charge in [-0.15, -0.1) is 0 Å². The summed E-state index contributed by atoms with van der Waals surface area (Å²) in [5.41, 5.74) is 2.66. The van der Waals surface area contributed by atoms with Crippen LogP contribution in [-0.2, 0) is 17.7 Å². The van der Waals surface area contributed by atoms with E-state index in [-0.39, 0.29) is 0 Å². The maximum atomic E-state index is 10.1. The first-order valence-corrected chi connectivity index (χ1v) is 10.7. The van der Waals surface area contributed by atoms with Gasteiger partial charge in [0.1, 0.15) is 21.0 Å². The van der Waals surface area contributed by atoms with E-state index in [0.717, 1.165) is 13.1 Å². The van der Waals surface area contributed by atoms with Crippen LogP contribution in [0.4, 0.5) is 4.20 Å². The number of hydrogen-bond acceptors (Lipinski definition) is 3. The van der Waals surface area contributed by atoms with E-state index < -0.39 is 7.91 Å². The van der Waals surface area contributed by atoms with E-state index in [1.807, 2.05) is 0 Å². The van der Waals surface area contributed by atoms with Crippen LogP contribution in [-0.4, -0.2) is 0 Å². The molecule has 0 radical (unpaired) electrons. The zero-order valence-corrected chi connectivity index (χ0v) is 17.7. The molecule has 0 amide bonds. The molecule has 0 spiro atoms. The summed E-state index contributed by atoms with van der Waals surface area (Å²) in [5, 5.41) is 0. The number of unbranched alkanes of at least 4 members (excludes halogenated alkanes) is 2. The van der Waals surface area contributed by atoms with Crippen molar-refractivity contribution in [2.24, 2.45) is 0 Å². The molecule has 2 heterocycles. The van der Waals surface area contributed by atoms with Crippen LogP contribution in [0.15, 0.2) is 49.1 Å². The third-order valence-electron chi connectivity index (χ3n) is 3.66. The Hall–Kier alpha value is -1.62. The summed E-state index contributed by atoms with van der Waals surface area (Å²) in [6.45, 7) is 11.0. The Morgan fingerprint density at radius 1 is 0.815 bits per heavy atom. The van der Waals surface area contributed by atoms with Crippen LogP contribution in [0, 0.1) is 13.8 Å². The van der Waals surface area contributed by atoms with E-state index in [0.29, 0.717) is 0 Å². The van der Waals surface area contributed by atoms with Crippen molar-refractivity contribution in [2.75, 3.05) is 0 Å². The van der Waals surface area contributed by atoms with E-state index >= 15 is 0 Å². The van der Waals surface area contributed by atoms with Crippen molar-refractivity contribution in [1.82, 2.24) is 0 Å². The Kier molecular flexibility index (Phi) is 13.6. The number of aryl methyl sites for hydroxylation is 4. The first kappa shape index (κ1) is 25.4. The summed E-state index contributed by atoms with van der Waals surface area (Å²) < 4.78 is 23.0. The minimum atomic E-state index is -5.64. The summed E-state index contributed by atoms with van der Waals surface area (Å²) in [4.78, 5) is 16.9. The molecule has 0 saturated heterocycles. The van der Waals surface area contributed by atoms with Crippen molar-refractivity contribution < 1.29 is 27.7 Å². The van der Waals surface area contributed by atoms with Gasteiger partial charge in [0.25, 0.3) is 0 Å². The molecule has 2 aromatic heterocycles. The predicted octanol–water partition coefficient (Wildman–Crippen LogP) is 2.95. The molecule has 0 saturated carbocycles. The summed E-state index contributed by atoms with van der Waals surface area (Å²) in [7, 11) is -5.64. The van der Waals surface area contributed by atoms with Gasteiger partial charge in [0.2, 0.25) is 0 Å². The molecule has 5 nitrogen and oxygen atoms in total. The molecular weight excluding hydrogens is 366 g/mol. The largest absolute Gasteiger partial charge is 0.786 e. The summed E-state index contributed by atoms with van der Waals surface area (Å²) in [6.07, 6.45) is 13.6. The highest BCUT2D eigenvalue weighted by Gasteiger charge is 1.96. The van der Waals surface area contributed by atoms with Gasteiger partial charge in [0, 0.05) is 37.1 Å². The molecule has 0 bridgehead atoms. The van der Waals surface area contributed by atoms with Gasteiger partial charge in [-0.25, -0.2) is 13.3 Å². The van der Waals surface area contributed by atoms with Crippen LogP contribution < -0.4 is 18.9 Å². The average molecular weight is 398 g/mol. The van der Waals surface area contributed by atoms with Crippen molar-refractivity contribution in [3.63, 3.8) is 0 Å². The van der Waals surface area contributed by atoms with Crippen LogP contribution >= 0.6 is 7.91 Å². The molecule has 2 rings (SSSR count). The second-order valence-corrected chi connectivity index (χ2v) is 7.23. The Balaban J connectivity index is 0.000000405. The van der Waals surface area contributed by atoms with E-state index in [4.69, 9.17) is 14.4 Å². The maximum absolute atomic E-state index is 10.1. The quantitative estimate of drug-likeness (QED) is 0.555. The van der Waals surface area contributed by atoms with Gasteiger partial charge < -0.3 is 14.4 Å². The van der Waals surface area contributed by atoms with Gasteiger partial charge in [0.05, 0.1) is 0 Å². The Morgan fingerprint density at radius 3 is 1.30 bits per heavy atom. The van der Waals surface area contributed by atoms with Crippen molar-refractivity contribution in [3.05, 3.63) is 60.2 Å². The van der Waals surface area contributed by atoms with Gasteiger partial charge >= 0.3 is 0 Å². The summed E-state index contributed by atoms with van der Waals surface area (Å²) >= 11 is 0. The number of nitrogens with zero attached hydrogens (tertiary/aromatic N) is 2. The van der Waals surface area contributed by atoms with Gasteiger partial charge in [-0.2, -0.15) is 0 Å². The van der Waals surface area contributed by atoms with Crippen molar-refractivity contribution in [3.8, 4) is 0 Å². The zero-order valence-electron chi connectivity index (χ0n) is 16.8. The first-order chi connectivity index (χ1) is 12.7. The molecule has 0 atom stereocenters. The second-order valence-electron chi connectivity index (χ2n) is 6.36. The van der Waals surface area contributed by atoms with Crippen LogP contribution in [0.5, 0.6) is 0 Å². The Bertz CT molecular complexity index is 600. The predicted molar refractivity (Wildman–Crippen MR) is 101 cm³/mol. The lowest BCUT2D eigenvalue weighted by molar-refractivity contribution is -0.697. The van der Waals surface area contributed by atoms with Crippen LogP contribution in [0.25, 0.3) is 0 Å². The molecule has 0 unspecified atom stereocenters. The number of hydrogen-bond donors (Lipinski definition) is 0. The fourth-order valence-corrected chi connectivity index (χ4v) is 2.04. The molecule has 0 N–H and O–H groups in total. The monoisotopic (exact) mass is 398 g/mol. The highest BCUT2D eigenvalue weighted by Crippen LogP contribution is 2.22.